The van der Waals surface area contributed by atoms with Crippen molar-refractivity contribution in [3.05, 3.63) is 49.3 Å². The zero-order valence-electron chi connectivity index (χ0n) is 8.62. The molecule has 0 saturated carbocycles. The molecule has 0 heterocycles. The molecule has 0 aliphatic carbocycles. The molecule has 0 aliphatic rings. The van der Waals surface area contributed by atoms with Gasteiger partial charge in [-0.25, -0.2) is 4.39 Å². The molecule has 1 aromatic rings. The zero-order valence-corrected chi connectivity index (χ0v) is 8.62. The van der Waals surface area contributed by atoms with Crippen molar-refractivity contribution < 1.29 is 4.39 Å². The van der Waals surface area contributed by atoms with Gasteiger partial charge >= 0.3 is 0 Å². The molecule has 3 heteroatoms. The van der Waals surface area contributed by atoms with Crippen LogP contribution in [0.15, 0.2) is 43.5 Å². The van der Waals surface area contributed by atoms with Crippen LogP contribution < -0.4 is 10.6 Å². The van der Waals surface area contributed by atoms with Gasteiger partial charge in [0.1, 0.15) is 5.82 Å². The lowest BCUT2D eigenvalue weighted by molar-refractivity contribution is 0.632. The Morgan fingerprint density at radius 1 is 1.27 bits per heavy atom. The molecular weight excluding hydrogens is 191 g/mol. The van der Waals surface area contributed by atoms with Crippen molar-refractivity contribution in [1.82, 2.24) is 0 Å². The van der Waals surface area contributed by atoms with Crippen LogP contribution in [0.3, 0.4) is 0 Å². The third-order valence-corrected chi connectivity index (χ3v) is 2.05. The number of halogens is 1. The van der Waals surface area contributed by atoms with E-state index in [1.165, 1.54) is 6.07 Å². The maximum atomic E-state index is 13.2. The number of nitrogens with zero attached hydrogens (tertiary/aromatic N) is 1. The van der Waals surface area contributed by atoms with Gasteiger partial charge in [-0.05, 0) is 18.2 Å². The first-order valence-corrected chi connectivity index (χ1v) is 4.70. The van der Waals surface area contributed by atoms with E-state index in [1.807, 2.05) is 4.90 Å². The van der Waals surface area contributed by atoms with E-state index in [9.17, 15) is 4.39 Å². The van der Waals surface area contributed by atoms with Crippen LogP contribution in [0, 0.1) is 5.82 Å². The first-order valence-electron chi connectivity index (χ1n) is 4.70. The summed E-state index contributed by atoms with van der Waals surface area (Å²) in [5, 5.41) is 0. The lowest BCUT2D eigenvalue weighted by atomic mass is 10.2. The highest BCUT2D eigenvalue weighted by Crippen LogP contribution is 2.19. The summed E-state index contributed by atoms with van der Waals surface area (Å²) in [6, 6.07) is 4.76. The number of nitrogen functional groups attached to an aromatic ring is 1. The summed E-state index contributed by atoms with van der Waals surface area (Å²) in [5.74, 6) is -0.398. The molecule has 0 aromatic heterocycles. The molecule has 0 amide bonds. The lowest BCUT2D eigenvalue weighted by Gasteiger charge is -2.21. The largest absolute Gasteiger partial charge is 0.396 e. The quantitative estimate of drug-likeness (QED) is 0.592. The van der Waals surface area contributed by atoms with E-state index in [0.717, 1.165) is 5.69 Å². The van der Waals surface area contributed by atoms with Crippen LogP contribution in [-0.4, -0.2) is 13.1 Å². The van der Waals surface area contributed by atoms with Gasteiger partial charge in [0.15, 0.2) is 0 Å². The highest BCUT2D eigenvalue weighted by Gasteiger charge is 2.05. The average Bonchev–Trinajstić information content (AvgIpc) is 2.22. The number of anilines is 2. The predicted octanol–water partition coefficient (Wildman–Crippen LogP) is 2.59. The minimum Gasteiger partial charge on any atom is -0.396 e. The molecule has 0 unspecified atom stereocenters. The molecule has 1 aromatic carbocycles. The monoisotopic (exact) mass is 206 g/mol. The summed E-state index contributed by atoms with van der Waals surface area (Å²) < 4.78 is 13.2. The Hall–Kier alpha value is -1.77. The molecule has 2 nitrogen and oxygen atoms in total. The van der Waals surface area contributed by atoms with Crippen LogP contribution in [-0.2, 0) is 0 Å². The van der Waals surface area contributed by atoms with Gasteiger partial charge in [-0.1, -0.05) is 12.2 Å². The van der Waals surface area contributed by atoms with Crippen molar-refractivity contribution in [3.8, 4) is 0 Å². The third kappa shape index (κ3) is 2.84. The summed E-state index contributed by atoms with van der Waals surface area (Å²) >= 11 is 0. The molecule has 0 spiro atoms. The molecule has 2 N–H and O–H groups in total. The number of hydrogen-bond acceptors (Lipinski definition) is 2. The Labute approximate surface area is 89.5 Å². The molecule has 0 atom stereocenters. The van der Waals surface area contributed by atoms with Crippen LogP contribution in [0.5, 0.6) is 0 Å². The van der Waals surface area contributed by atoms with Crippen LogP contribution >= 0.6 is 0 Å². The molecule has 0 bridgehead atoms. The van der Waals surface area contributed by atoms with Gasteiger partial charge in [0.05, 0.1) is 5.69 Å². The van der Waals surface area contributed by atoms with E-state index in [0.29, 0.717) is 13.1 Å². The van der Waals surface area contributed by atoms with Crippen molar-refractivity contribution in [2.45, 2.75) is 0 Å². The Kier molecular flexibility index (Phi) is 3.92. The van der Waals surface area contributed by atoms with Crippen LogP contribution in [0.2, 0.25) is 0 Å². The fourth-order valence-corrected chi connectivity index (χ4v) is 1.31. The molecular formula is C12H15FN2. The number of rotatable bonds is 5. The maximum absolute atomic E-state index is 13.2. The molecule has 0 radical (unpaired) electrons. The second-order valence-corrected chi connectivity index (χ2v) is 3.19. The van der Waals surface area contributed by atoms with E-state index < -0.39 is 5.82 Å². The highest BCUT2D eigenvalue weighted by atomic mass is 19.1. The van der Waals surface area contributed by atoms with Gasteiger partial charge in [0.25, 0.3) is 0 Å². The van der Waals surface area contributed by atoms with E-state index in [1.54, 1.807) is 24.3 Å². The van der Waals surface area contributed by atoms with Crippen LogP contribution in [0.25, 0.3) is 0 Å². The molecule has 15 heavy (non-hydrogen) atoms. The van der Waals surface area contributed by atoms with Gasteiger partial charge in [-0.2, -0.15) is 0 Å². The van der Waals surface area contributed by atoms with Crippen molar-refractivity contribution in [3.63, 3.8) is 0 Å². The van der Waals surface area contributed by atoms with E-state index in [4.69, 9.17) is 5.73 Å². The average molecular weight is 206 g/mol. The maximum Gasteiger partial charge on any atom is 0.148 e. The minimum atomic E-state index is -0.398. The summed E-state index contributed by atoms with van der Waals surface area (Å²) in [7, 11) is 0. The Bertz CT molecular complexity index is 351. The van der Waals surface area contributed by atoms with Gasteiger partial charge in [0.2, 0.25) is 0 Å². The summed E-state index contributed by atoms with van der Waals surface area (Å²) in [6.45, 7) is 8.60. The minimum absolute atomic E-state index is 0.163. The highest BCUT2D eigenvalue weighted by molar-refractivity contribution is 5.54. The van der Waals surface area contributed by atoms with Crippen LogP contribution in [0.4, 0.5) is 15.8 Å². The van der Waals surface area contributed by atoms with Crippen molar-refractivity contribution in [1.29, 1.82) is 0 Å². The van der Waals surface area contributed by atoms with Crippen molar-refractivity contribution in [2.75, 3.05) is 23.7 Å². The molecule has 0 aliphatic heterocycles. The summed E-state index contributed by atoms with van der Waals surface area (Å²) in [4.78, 5) is 1.95. The van der Waals surface area contributed by atoms with Gasteiger partial charge in [-0.15, -0.1) is 13.2 Å². The standard InChI is InChI=1S/C12H15FN2/c1-3-7-15(8-4-2)10-5-6-12(14)11(13)9-10/h3-6,9H,1-2,7-8,14H2. The lowest BCUT2D eigenvalue weighted by Crippen LogP contribution is -2.23. The first kappa shape index (κ1) is 11.3. The predicted molar refractivity (Wildman–Crippen MR) is 63.4 cm³/mol. The smallest absolute Gasteiger partial charge is 0.148 e. The molecule has 0 saturated heterocycles. The van der Waals surface area contributed by atoms with Gasteiger partial charge in [0, 0.05) is 18.8 Å². The summed E-state index contributed by atoms with van der Waals surface area (Å²) in [6.07, 6.45) is 3.52. The molecule has 1 rings (SSSR count). The van der Waals surface area contributed by atoms with E-state index in [2.05, 4.69) is 13.2 Å². The molecule has 0 fully saturated rings. The van der Waals surface area contributed by atoms with Crippen molar-refractivity contribution >= 4 is 11.4 Å². The van der Waals surface area contributed by atoms with Crippen molar-refractivity contribution in [2.24, 2.45) is 0 Å². The number of hydrogen-bond donors (Lipinski definition) is 1. The second kappa shape index (κ2) is 5.20. The molecule has 80 valence electrons. The number of nitrogens with two attached hydrogens (primary N) is 1. The number of benzene rings is 1. The zero-order chi connectivity index (χ0) is 11.3. The fraction of sp³-hybridized carbons (Fsp3) is 0.167. The Morgan fingerprint density at radius 2 is 1.87 bits per heavy atom. The van der Waals surface area contributed by atoms with Gasteiger partial charge < -0.3 is 10.6 Å². The normalized spacial score (nSPS) is 9.67. The van der Waals surface area contributed by atoms with E-state index in [-0.39, 0.29) is 5.69 Å². The Balaban J connectivity index is 2.94. The second-order valence-electron chi connectivity index (χ2n) is 3.19. The SMILES string of the molecule is C=CCN(CC=C)c1ccc(N)c(F)c1. The fourth-order valence-electron chi connectivity index (χ4n) is 1.31. The summed E-state index contributed by atoms with van der Waals surface area (Å²) in [5.41, 5.74) is 6.34. The first-order chi connectivity index (χ1) is 7.19. The van der Waals surface area contributed by atoms with E-state index >= 15 is 0 Å². The van der Waals surface area contributed by atoms with Crippen LogP contribution in [0.1, 0.15) is 0 Å². The Morgan fingerprint density at radius 3 is 2.33 bits per heavy atom. The topological polar surface area (TPSA) is 29.3 Å². The third-order valence-electron chi connectivity index (χ3n) is 2.05. The van der Waals surface area contributed by atoms with Gasteiger partial charge in [-0.3, -0.25) is 0 Å².